The molecule has 656 valence electrons. The lowest BCUT2D eigenvalue weighted by molar-refractivity contribution is 0.416. The Kier molecular flexibility index (Phi) is 21.2. The number of benzene rings is 24. The van der Waals surface area contributed by atoms with Crippen LogP contribution in [-0.2, 0) is 0 Å². The number of ether oxygens (including phenoxy) is 1. The summed E-state index contributed by atoms with van der Waals surface area (Å²) in [6.45, 7) is 2.20. The number of rotatable bonds is 9. The van der Waals surface area contributed by atoms with E-state index in [-0.39, 0.29) is 5.82 Å². The lowest BCUT2D eigenvalue weighted by Crippen LogP contribution is -1.94. The van der Waals surface area contributed by atoms with Gasteiger partial charge in [-0.25, -0.2) is 4.39 Å². The van der Waals surface area contributed by atoms with Crippen molar-refractivity contribution < 1.29 is 9.13 Å². The molecule has 0 bridgehead atoms. The maximum absolute atomic E-state index is 15.8. The molecule has 0 radical (unpaired) electrons. The Morgan fingerprint density at radius 2 is 0.371 bits per heavy atom. The van der Waals surface area contributed by atoms with E-state index in [0.29, 0.717) is 11.3 Å². The van der Waals surface area contributed by atoms with Crippen molar-refractivity contribution in [2.45, 2.75) is 6.92 Å². The summed E-state index contributed by atoms with van der Waals surface area (Å²) >= 11 is 0. The zero-order valence-electron chi connectivity index (χ0n) is 76.8. The average molecular weight is 1790 g/mol. The van der Waals surface area contributed by atoms with E-state index in [1.165, 1.54) is 173 Å². The van der Waals surface area contributed by atoms with Gasteiger partial charge in [0.05, 0.1) is 29.9 Å². The van der Waals surface area contributed by atoms with Crippen LogP contribution in [0.15, 0.2) is 492 Å². The Balaban J connectivity index is 0.0000000985. The Bertz CT molecular complexity index is 9460. The van der Waals surface area contributed by atoms with Crippen molar-refractivity contribution in [3.05, 3.63) is 503 Å². The average Bonchev–Trinajstić information content (AvgIpc) is 0.760. The largest absolute Gasteiger partial charge is 0.496 e. The Morgan fingerprint density at radius 1 is 0.164 bits per heavy atom. The molecule has 4 aromatic heterocycles. The van der Waals surface area contributed by atoms with Crippen LogP contribution < -0.4 is 4.74 Å². The van der Waals surface area contributed by atoms with Gasteiger partial charge in [0, 0.05) is 81.4 Å². The molecule has 0 atom stereocenters. The third-order valence-electron chi connectivity index (χ3n) is 28.2. The van der Waals surface area contributed by atoms with Gasteiger partial charge in [-0.1, -0.05) is 394 Å². The van der Waals surface area contributed by atoms with E-state index in [4.69, 9.17) is 24.7 Å². The number of hydrogen-bond donors (Lipinski definition) is 0. The predicted octanol–water partition coefficient (Wildman–Crippen LogP) is 36.6. The fourth-order valence-corrected chi connectivity index (χ4v) is 21.6. The lowest BCUT2D eigenvalue weighted by atomic mass is 9.91. The van der Waals surface area contributed by atoms with Crippen LogP contribution in [0.4, 0.5) is 4.39 Å². The van der Waals surface area contributed by atoms with Gasteiger partial charge in [-0.15, -0.1) is 0 Å². The maximum atomic E-state index is 15.8. The number of aryl methyl sites for hydroxylation is 1. The number of nitrogens with zero attached hydrogens (tertiary/aromatic N) is 4. The number of hydrogen-bond acceptors (Lipinski definition) is 5. The zero-order chi connectivity index (χ0) is 93.3. The van der Waals surface area contributed by atoms with Crippen LogP contribution in [0, 0.1) is 12.7 Å². The molecule has 6 heteroatoms. The van der Waals surface area contributed by atoms with Gasteiger partial charge in [0.1, 0.15) is 11.6 Å². The van der Waals surface area contributed by atoms with E-state index in [1.54, 1.807) is 19.4 Å². The van der Waals surface area contributed by atoms with Crippen molar-refractivity contribution in [1.82, 2.24) is 19.9 Å². The highest BCUT2D eigenvalue weighted by Gasteiger charge is 2.23. The van der Waals surface area contributed by atoms with Crippen LogP contribution in [0.25, 0.3) is 262 Å². The molecule has 0 aliphatic carbocycles. The second-order valence-corrected chi connectivity index (χ2v) is 36.2. The van der Waals surface area contributed by atoms with Crippen molar-refractivity contribution >= 4 is 172 Å². The molecular formula is C134H87FN4O. The van der Waals surface area contributed by atoms with Crippen LogP contribution in [0.2, 0.25) is 0 Å². The van der Waals surface area contributed by atoms with Crippen molar-refractivity contribution in [3.8, 4) is 95.3 Å². The van der Waals surface area contributed by atoms with E-state index in [0.717, 1.165) is 88.5 Å². The van der Waals surface area contributed by atoms with Gasteiger partial charge in [-0.2, -0.15) is 0 Å². The summed E-state index contributed by atoms with van der Waals surface area (Å²) in [4.78, 5) is 19.8. The Labute approximate surface area is 808 Å². The molecular weight excluding hydrogens is 1700 g/mol. The summed E-state index contributed by atoms with van der Waals surface area (Å²) in [5, 5.41) is 38.9. The van der Waals surface area contributed by atoms with Crippen molar-refractivity contribution in [1.29, 1.82) is 0 Å². The van der Waals surface area contributed by atoms with Crippen LogP contribution in [-0.4, -0.2) is 27.0 Å². The first kappa shape index (κ1) is 83.6. The van der Waals surface area contributed by atoms with Gasteiger partial charge in [0.15, 0.2) is 0 Å². The minimum atomic E-state index is -0.271. The quantitative estimate of drug-likeness (QED) is 0.135. The fraction of sp³-hybridized carbons (Fsp3) is 0.0149. The predicted molar refractivity (Wildman–Crippen MR) is 592 cm³/mol. The summed E-state index contributed by atoms with van der Waals surface area (Å²) in [5.74, 6) is 0.547. The molecule has 0 unspecified atom stereocenters. The molecule has 5 nitrogen and oxygen atoms in total. The van der Waals surface area contributed by atoms with Crippen molar-refractivity contribution in [2.24, 2.45) is 0 Å². The van der Waals surface area contributed by atoms with Gasteiger partial charge >= 0.3 is 0 Å². The molecule has 0 N–H and O–H groups in total. The SMILES string of the molecule is COc1cc(-c2cc3ccccc3c3ccccc23)ncc1-c1cc2ccccc2c2ccccc12.Cc1cc(-c2cc3ccccc3c3ccccc23)ncc1-c1cc2ccccc2c2ccccc12.Fc1cc(-c2cc3ccccc3c3ccccc23)ncc1-c1cc2ccccc2c2ccccc12.c1ccc2c(c1)cc(-c1ccc(-c3cc4ccccc4c4ccccc34)nc1)c1ccccc12. The molecule has 0 fully saturated rings. The number of pyridine rings is 4. The molecule has 0 saturated carbocycles. The molecule has 0 spiro atoms. The first-order valence-corrected chi connectivity index (χ1v) is 47.6. The normalized spacial score (nSPS) is 11.5. The van der Waals surface area contributed by atoms with Crippen LogP contribution in [0.1, 0.15) is 5.56 Å². The topological polar surface area (TPSA) is 60.8 Å². The Morgan fingerprint density at radius 3 is 0.650 bits per heavy atom. The van der Waals surface area contributed by atoms with Crippen molar-refractivity contribution in [3.63, 3.8) is 0 Å². The van der Waals surface area contributed by atoms with E-state index in [2.05, 4.69) is 432 Å². The first-order valence-electron chi connectivity index (χ1n) is 47.6. The Hall–Kier alpha value is -18.2. The molecule has 24 aromatic carbocycles. The van der Waals surface area contributed by atoms with E-state index < -0.39 is 0 Å². The highest BCUT2D eigenvalue weighted by molar-refractivity contribution is 6.22. The standard InChI is InChI=1S/C34H23NO.C34H23N.C33H20FN.C33H21N/c1-36-34-20-33(31-19-23-11-3-5-13-25(23)27-15-7-9-17-29(27)31)35-21-32(34)30-18-22-10-2-4-12-24(22)26-14-6-8-16-28(26)30;1-22-18-34(32-20-24-11-3-5-13-26(24)28-15-7-9-17-30(28)32)35-21-33(22)31-19-23-10-2-4-12-25(23)27-14-6-8-16-29(27)31;34-32-19-33(30-18-22-10-2-4-12-24(22)26-14-6-8-16-28(26)30)35-20-31(32)29-17-21-9-1-3-11-23(21)25-13-5-7-15-27(25)29;1-3-11-25-22(9-1)19-31(29-15-7-5-13-27(25)29)24-17-18-33(34-21-24)32-20-23-10-2-4-12-26(23)28-14-6-8-16-30(28)32/h2-21H,1H3;2-21H,1H3;1-20H;1-21H. The lowest BCUT2D eigenvalue weighted by Gasteiger charge is -2.16. The molecule has 28 aromatic rings. The smallest absolute Gasteiger partial charge is 0.134 e. The highest BCUT2D eigenvalue weighted by Crippen LogP contribution is 2.47. The van der Waals surface area contributed by atoms with Crippen LogP contribution in [0.5, 0.6) is 5.75 Å². The van der Waals surface area contributed by atoms with E-state index >= 15 is 4.39 Å². The second kappa shape index (κ2) is 35.5. The monoisotopic (exact) mass is 1790 g/mol. The molecule has 28 rings (SSSR count). The minimum absolute atomic E-state index is 0.271. The molecule has 140 heavy (non-hydrogen) atoms. The summed E-state index contributed by atoms with van der Waals surface area (Å²) in [6.07, 6.45) is 7.74. The molecule has 4 heterocycles. The van der Waals surface area contributed by atoms with Gasteiger partial charge in [0.25, 0.3) is 0 Å². The summed E-state index contributed by atoms with van der Waals surface area (Å²) in [7, 11) is 1.74. The summed E-state index contributed by atoms with van der Waals surface area (Å²) < 4.78 is 21.8. The summed E-state index contributed by atoms with van der Waals surface area (Å²) in [5.41, 5.74) is 17.4. The number of halogens is 1. The fourth-order valence-electron chi connectivity index (χ4n) is 21.6. The minimum Gasteiger partial charge on any atom is -0.496 e. The van der Waals surface area contributed by atoms with Crippen molar-refractivity contribution in [2.75, 3.05) is 7.11 Å². The van der Waals surface area contributed by atoms with Gasteiger partial charge in [-0.3, -0.25) is 19.9 Å². The maximum Gasteiger partial charge on any atom is 0.134 e. The summed E-state index contributed by atoms with van der Waals surface area (Å²) in [6, 6.07) is 164. The molecule has 0 aliphatic rings. The number of fused-ring (bicyclic) bond motifs is 24. The molecule has 0 aliphatic heterocycles. The zero-order valence-corrected chi connectivity index (χ0v) is 76.8. The van der Waals surface area contributed by atoms with Gasteiger partial charge < -0.3 is 4.74 Å². The van der Waals surface area contributed by atoms with Gasteiger partial charge in [-0.05, 0) is 268 Å². The van der Waals surface area contributed by atoms with Crippen LogP contribution >= 0.6 is 0 Å². The molecule has 0 amide bonds. The number of methoxy groups -OCH3 is 1. The van der Waals surface area contributed by atoms with E-state index in [1.807, 2.05) is 54.9 Å². The third-order valence-corrected chi connectivity index (χ3v) is 28.2. The second-order valence-electron chi connectivity index (χ2n) is 36.2. The highest BCUT2D eigenvalue weighted by atomic mass is 19.1. The van der Waals surface area contributed by atoms with Crippen LogP contribution in [0.3, 0.4) is 0 Å². The van der Waals surface area contributed by atoms with Gasteiger partial charge in [0.2, 0.25) is 0 Å². The van der Waals surface area contributed by atoms with E-state index in [9.17, 15) is 0 Å². The first-order chi connectivity index (χ1) is 69.2. The third kappa shape index (κ3) is 14.9. The number of aromatic nitrogens is 4. The molecule has 0 saturated heterocycles.